The first-order valence-electron chi connectivity index (χ1n) is 2.93. The summed E-state index contributed by atoms with van der Waals surface area (Å²) in [7, 11) is 0. The average molecular weight is 250 g/mol. The van der Waals surface area contributed by atoms with Crippen molar-refractivity contribution in [1.82, 2.24) is 0 Å². The summed E-state index contributed by atoms with van der Waals surface area (Å²) < 4.78 is 20.8. The third kappa shape index (κ3) is 4.42. The van der Waals surface area contributed by atoms with Gasteiger partial charge >= 0.3 is 59.1 Å². The molecule has 1 unspecified atom stereocenters. The van der Waals surface area contributed by atoms with Crippen LogP contribution in [-0.2, 0) is 11.1 Å². The Morgan fingerprint density at radius 1 is 1.50 bits per heavy atom. The van der Waals surface area contributed by atoms with Crippen molar-refractivity contribution in [2.24, 2.45) is 0 Å². The molecule has 0 spiro atoms. The number of rotatable bonds is 2. The third-order valence-corrected chi connectivity index (χ3v) is 3.36. The summed E-state index contributed by atoms with van der Waals surface area (Å²) in [6.45, 7) is 1.53. The van der Waals surface area contributed by atoms with Crippen molar-refractivity contribution in [1.29, 1.82) is 0 Å². The molecule has 0 radical (unpaired) electrons. The van der Waals surface area contributed by atoms with Crippen LogP contribution in [0.2, 0.25) is 0 Å². The van der Waals surface area contributed by atoms with Crippen LogP contribution in [0.1, 0.15) is 15.2 Å². The molecule has 14 heavy (non-hydrogen) atoms. The monoisotopic (exact) mass is 250 g/mol. The van der Waals surface area contributed by atoms with Gasteiger partial charge in [-0.3, -0.25) is 4.21 Å². The molecule has 1 heterocycles. The van der Waals surface area contributed by atoms with Crippen molar-refractivity contribution in [2.75, 3.05) is 0 Å². The predicted molar refractivity (Wildman–Crippen MR) is 40.6 cm³/mol. The van der Waals surface area contributed by atoms with Gasteiger partial charge in [-0.1, -0.05) is 0 Å². The van der Waals surface area contributed by atoms with E-state index in [2.05, 4.69) is 0 Å². The molecule has 1 rings (SSSR count). The number of carboxylic acid groups (broad SMARTS) is 1. The first-order valence-corrected chi connectivity index (χ1v) is 4.82. The molecule has 4 nitrogen and oxygen atoms in total. The van der Waals surface area contributed by atoms with Crippen LogP contribution in [0.3, 0.4) is 0 Å². The predicted octanol–water partition coefficient (Wildman–Crippen LogP) is -6.33. The molecule has 0 bridgehead atoms. The van der Waals surface area contributed by atoms with Crippen molar-refractivity contribution in [3.8, 4) is 0 Å². The van der Waals surface area contributed by atoms with E-state index in [0.29, 0.717) is 16.9 Å². The molecule has 0 aromatic carbocycles. The van der Waals surface area contributed by atoms with Gasteiger partial charge in [0.2, 0.25) is 0 Å². The van der Waals surface area contributed by atoms with Gasteiger partial charge in [-0.05, 0) is 29.6 Å². The quantitative estimate of drug-likeness (QED) is 0.386. The van der Waals surface area contributed by atoms with Gasteiger partial charge in [-0.25, -0.2) is 0 Å². The maximum absolute atomic E-state index is 10.4. The molecule has 0 aliphatic heterocycles. The van der Waals surface area contributed by atoms with E-state index in [1.165, 1.54) is 13.0 Å². The van der Waals surface area contributed by atoms with Crippen molar-refractivity contribution in [2.45, 2.75) is 11.1 Å². The Hall–Kier alpha value is 1.28. The van der Waals surface area contributed by atoms with Crippen molar-refractivity contribution in [3.63, 3.8) is 0 Å². The van der Waals surface area contributed by atoms with Crippen LogP contribution in [-0.4, -0.2) is 14.7 Å². The maximum Gasteiger partial charge on any atom is 1.00 e. The second kappa shape index (κ2) is 7.54. The van der Waals surface area contributed by atoms with E-state index in [9.17, 15) is 18.7 Å². The Morgan fingerprint density at radius 3 is 2.21 bits per heavy atom. The fraction of sp³-hybridized carbons (Fsp3) is 0.167. The number of hydrogen-bond donors (Lipinski definition) is 0. The summed E-state index contributed by atoms with van der Waals surface area (Å²) in [4.78, 5) is 10.3. The van der Waals surface area contributed by atoms with Gasteiger partial charge in [-0.15, -0.1) is 11.3 Å². The molecule has 0 N–H and O–H groups in total. The minimum absolute atomic E-state index is 0. The molecular formula is C6H4Na2O4S2. The minimum Gasteiger partial charge on any atom is -0.768 e. The second-order valence-corrected chi connectivity index (χ2v) is 4.32. The van der Waals surface area contributed by atoms with Crippen LogP contribution >= 0.6 is 11.3 Å². The number of thiophene rings is 1. The van der Waals surface area contributed by atoms with Crippen LogP contribution in [0.5, 0.6) is 0 Å². The molecular weight excluding hydrogens is 246 g/mol. The molecule has 0 aliphatic carbocycles. The van der Waals surface area contributed by atoms with E-state index in [4.69, 9.17) is 0 Å². The molecule has 66 valence electrons. The second-order valence-electron chi connectivity index (χ2n) is 2.10. The normalized spacial score (nSPS) is 11.0. The van der Waals surface area contributed by atoms with E-state index in [0.717, 1.165) is 0 Å². The van der Waals surface area contributed by atoms with Crippen molar-refractivity contribution >= 4 is 28.4 Å². The zero-order chi connectivity index (χ0) is 9.30. The van der Waals surface area contributed by atoms with Crippen LogP contribution in [0.25, 0.3) is 0 Å². The fourth-order valence-electron chi connectivity index (χ4n) is 0.738. The van der Waals surface area contributed by atoms with Gasteiger partial charge in [0.25, 0.3) is 0 Å². The van der Waals surface area contributed by atoms with Crippen LogP contribution in [0, 0.1) is 6.92 Å². The van der Waals surface area contributed by atoms with E-state index in [1.54, 1.807) is 0 Å². The molecule has 0 aliphatic rings. The van der Waals surface area contributed by atoms with E-state index in [-0.39, 0.29) is 68.2 Å². The maximum atomic E-state index is 10.4. The first-order chi connectivity index (χ1) is 5.52. The summed E-state index contributed by atoms with van der Waals surface area (Å²) in [5.74, 6) is -1.34. The number of carbonyl (C=O) groups excluding carboxylic acids is 1. The number of carbonyl (C=O) groups is 1. The van der Waals surface area contributed by atoms with Crippen molar-refractivity contribution in [3.05, 3.63) is 16.5 Å². The summed E-state index contributed by atoms with van der Waals surface area (Å²) >= 11 is -1.66. The van der Waals surface area contributed by atoms with E-state index >= 15 is 0 Å². The molecule has 0 amide bonds. The smallest absolute Gasteiger partial charge is 0.768 e. The molecule has 1 aromatic rings. The Balaban J connectivity index is 0. The Kier molecular flexibility index (Phi) is 9.51. The van der Waals surface area contributed by atoms with Gasteiger partial charge in [-0.2, -0.15) is 0 Å². The van der Waals surface area contributed by atoms with Gasteiger partial charge in [0.15, 0.2) is 0 Å². The average Bonchev–Trinajstić information content (AvgIpc) is 2.30. The molecule has 1 aromatic heterocycles. The summed E-state index contributed by atoms with van der Waals surface area (Å²) in [5, 5.41) is 10.4. The molecule has 0 fully saturated rings. The Labute approximate surface area is 132 Å². The minimum atomic E-state index is -2.36. The third-order valence-electron chi connectivity index (χ3n) is 1.24. The van der Waals surface area contributed by atoms with Crippen molar-refractivity contribution < 1.29 is 77.8 Å². The molecule has 1 atom stereocenters. The summed E-state index contributed by atoms with van der Waals surface area (Å²) in [5.41, 5.74) is 0.416. The number of aromatic carboxylic acids is 1. The van der Waals surface area contributed by atoms with Gasteiger partial charge in [0.05, 0.1) is 15.1 Å². The van der Waals surface area contributed by atoms with Gasteiger partial charge < -0.3 is 14.5 Å². The number of aryl methyl sites for hydroxylation is 1. The first kappa shape index (κ1) is 17.7. The van der Waals surface area contributed by atoms with E-state index in [1.807, 2.05) is 0 Å². The summed E-state index contributed by atoms with van der Waals surface area (Å²) in [6.07, 6.45) is 0. The Bertz CT molecular complexity index is 350. The SMILES string of the molecule is Cc1cc(S(=O)[O-])sc1C(=O)[O-].[Na+].[Na+]. The molecule has 0 saturated carbocycles. The number of hydrogen-bond acceptors (Lipinski definition) is 5. The number of carboxylic acids is 1. The zero-order valence-corrected chi connectivity index (χ0v) is 13.7. The van der Waals surface area contributed by atoms with Crippen LogP contribution in [0.4, 0.5) is 0 Å². The van der Waals surface area contributed by atoms with Gasteiger partial charge in [0.1, 0.15) is 0 Å². The van der Waals surface area contributed by atoms with Crippen LogP contribution < -0.4 is 64.2 Å². The van der Waals surface area contributed by atoms with Crippen LogP contribution in [0.15, 0.2) is 10.3 Å². The summed E-state index contributed by atoms with van der Waals surface area (Å²) in [6, 6.07) is 1.30. The molecule has 8 heteroatoms. The largest absolute Gasteiger partial charge is 1.00 e. The van der Waals surface area contributed by atoms with Gasteiger partial charge in [0, 0.05) is 0 Å². The zero-order valence-electron chi connectivity index (χ0n) is 8.03. The fourth-order valence-corrected chi connectivity index (χ4v) is 2.27. The molecule has 0 saturated heterocycles. The topological polar surface area (TPSA) is 80.3 Å². The Morgan fingerprint density at radius 2 is 2.00 bits per heavy atom. The standard InChI is InChI=1S/C6H6O4S2.2Na/c1-3-2-4(12(9)10)11-5(3)6(7)8;;/h2H,1H3,(H,7,8)(H,9,10);;/q;2*+1/p-2. The van der Waals surface area contributed by atoms with E-state index < -0.39 is 17.0 Å².